The number of rotatable bonds is 2. The highest BCUT2D eigenvalue weighted by atomic mass is 16.4. The van der Waals surface area contributed by atoms with Crippen molar-refractivity contribution in [1.29, 1.82) is 0 Å². The summed E-state index contributed by atoms with van der Waals surface area (Å²) in [5, 5.41) is 21.1. The third-order valence-electron chi connectivity index (χ3n) is 2.01. The molecule has 2 rings (SSSR count). The normalized spacial score (nSPS) is 11.9. The molecule has 1 aromatic heterocycles. The highest BCUT2D eigenvalue weighted by Gasteiger charge is 1.98. The third kappa shape index (κ3) is 2.94. The van der Waals surface area contributed by atoms with E-state index >= 15 is 0 Å². The van der Waals surface area contributed by atoms with Gasteiger partial charge in [-0.05, 0) is 12.1 Å². The number of aromatic nitrogens is 1. The van der Waals surface area contributed by atoms with E-state index in [1.807, 2.05) is 6.07 Å². The molecular weight excluding hydrogens is 216 g/mol. The minimum Gasteiger partial charge on any atom is -0.790 e. The molecule has 0 aliphatic carbocycles. The average molecular weight is 225 g/mol. The Morgan fingerprint density at radius 2 is 1.76 bits per heavy atom. The van der Waals surface area contributed by atoms with E-state index < -0.39 is 0 Å². The Hall–Kier alpha value is -2.56. The first-order valence-electron chi connectivity index (χ1n) is 4.98. The summed E-state index contributed by atoms with van der Waals surface area (Å²) < 4.78 is 0. The van der Waals surface area contributed by atoms with Crippen molar-refractivity contribution in [3.8, 4) is 0 Å². The number of pyridine rings is 1. The zero-order valence-electron chi connectivity index (χ0n) is 8.89. The largest absolute Gasteiger partial charge is 0.790 e. The van der Waals surface area contributed by atoms with Gasteiger partial charge < -0.3 is 5.21 Å². The van der Waals surface area contributed by atoms with E-state index in [-0.39, 0.29) is 5.84 Å². The summed E-state index contributed by atoms with van der Waals surface area (Å²) in [5.41, 5.74) is 0.627. The third-order valence-corrected chi connectivity index (χ3v) is 2.01. The molecule has 5 heteroatoms. The Morgan fingerprint density at radius 1 is 1.00 bits per heavy atom. The number of hydrogen-bond acceptors (Lipinski definition) is 4. The van der Waals surface area contributed by atoms with Gasteiger partial charge in [-0.1, -0.05) is 36.4 Å². The maximum absolute atomic E-state index is 10.7. The smallest absolute Gasteiger partial charge is 0.174 e. The molecule has 0 radical (unpaired) electrons. The second-order valence-corrected chi connectivity index (χ2v) is 3.17. The molecule has 0 N–H and O–H groups in total. The van der Waals surface area contributed by atoms with E-state index in [0.717, 1.165) is 0 Å². The lowest BCUT2D eigenvalue weighted by Gasteiger charge is -2.01. The molecular formula is C12H9N4O-. The van der Waals surface area contributed by atoms with E-state index in [9.17, 15) is 5.21 Å². The zero-order chi connectivity index (χ0) is 11.9. The van der Waals surface area contributed by atoms with Crippen molar-refractivity contribution in [2.24, 2.45) is 15.4 Å². The molecule has 84 valence electrons. The van der Waals surface area contributed by atoms with Crippen molar-refractivity contribution < 1.29 is 0 Å². The highest BCUT2D eigenvalue weighted by molar-refractivity contribution is 5.99. The standard InChI is InChI=1S/C12H10N4O/c17-16-12(10-6-2-1-3-7-10)15-14-11-8-4-5-9-13-11/h1-9,17H/p-1/b15-14?,16-12+. The van der Waals surface area contributed by atoms with Crippen LogP contribution in [0.15, 0.2) is 70.1 Å². The lowest BCUT2D eigenvalue weighted by atomic mass is 10.2. The summed E-state index contributed by atoms with van der Waals surface area (Å²) in [4.78, 5) is 3.96. The van der Waals surface area contributed by atoms with Crippen LogP contribution in [0.4, 0.5) is 5.82 Å². The Balaban J connectivity index is 2.20. The molecule has 0 saturated carbocycles. The van der Waals surface area contributed by atoms with Crippen LogP contribution in [-0.4, -0.2) is 10.8 Å². The fraction of sp³-hybridized carbons (Fsp3) is 0. The predicted octanol–water partition coefficient (Wildman–Crippen LogP) is 3.11. The van der Waals surface area contributed by atoms with Gasteiger partial charge >= 0.3 is 0 Å². The number of amidine groups is 1. The first-order valence-corrected chi connectivity index (χ1v) is 4.98. The summed E-state index contributed by atoms with van der Waals surface area (Å²) in [6.07, 6.45) is 1.60. The van der Waals surface area contributed by atoms with Crippen LogP contribution in [0.3, 0.4) is 0 Å². The van der Waals surface area contributed by atoms with E-state index in [0.29, 0.717) is 11.4 Å². The van der Waals surface area contributed by atoms with Crippen LogP contribution in [0.2, 0.25) is 0 Å². The number of benzene rings is 1. The minimum atomic E-state index is 0.0382. The average Bonchev–Trinajstić information content (AvgIpc) is 2.42. The van der Waals surface area contributed by atoms with E-state index in [1.54, 1.807) is 48.7 Å². The molecule has 1 aromatic carbocycles. The molecule has 0 amide bonds. The lowest BCUT2D eigenvalue weighted by molar-refractivity contribution is 1.17. The maximum atomic E-state index is 10.7. The van der Waals surface area contributed by atoms with Gasteiger partial charge in [0.25, 0.3) is 0 Å². The number of hydrogen-bond donors (Lipinski definition) is 0. The summed E-state index contributed by atoms with van der Waals surface area (Å²) in [6, 6.07) is 14.2. The van der Waals surface area contributed by atoms with Gasteiger partial charge in [0.05, 0.1) is 0 Å². The Labute approximate surface area is 98.2 Å². The van der Waals surface area contributed by atoms with Crippen molar-refractivity contribution in [3.63, 3.8) is 0 Å². The molecule has 0 fully saturated rings. The van der Waals surface area contributed by atoms with Crippen LogP contribution in [0.1, 0.15) is 5.56 Å². The van der Waals surface area contributed by atoms with Crippen LogP contribution in [0.5, 0.6) is 0 Å². The van der Waals surface area contributed by atoms with Gasteiger partial charge in [-0.25, -0.2) is 4.98 Å². The van der Waals surface area contributed by atoms with Crippen molar-refractivity contribution in [3.05, 3.63) is 65.5 Å². The monoisotopic (exact) mass is 225 g/mol. The van der Waals surface area contributed by atoms with Crippen LogP contribution in [-0.2, 0) is 0 Å². The van der Waals surface area contributed by atoms with Crippen molar-refractivity contribution in [2.75, 3.05) is 0 Å². The van der Waals surface area contributed by atoms with E-state index in [4.69, 9.17) is 0 Å². The van der Waals surface area contributed by atoms with Crippen molar-refractivity contribution in [1.82, 2.24) is 4.98 Å². The number of azo groups is 1. The van der Waals surface area contributed by atoms with Crippen LogP contribution in [0.25, 0.3) is 0 Å². The summed E-state index contributed by atoms with van der Waals surface area (Å²) in [6.45, 7) is 0. The highest BCUT2D eigenvalue weighted by Crippen LogP contribution is 2.09. The van der Waals surface area contributed by atoms with Gasteiger partial charge in [0.15, 0.2) is 11.7 Å². The molecule has 17 heavy (non-hydrogen) atoms. The second kappa shape index (κ2) is 5.50. The fourth-order valence-electron chi connectivity index (χ4n) is 1.23. The molecule has 5 nitrogen and oxygen atoms in total. The first kappa shape index (κ1) is 10.9. The summed E-state index contributed by atoms with van der Waals surface area (Å²) in [7, 11) is 0. The van der Waals surface area contributed by atoms with Gasteiger partial charge in [-0.15, -0.1) is 10.2 Å². The van der Waals surface area contributed by atoms with Gasteiger partial charge in [-0.2, -0.15) is 0 Å². The van der Waals surface area contributed by atoms with E-state index in [2.05, 4.69) is 20.4 Å². The quantitative estimate of drug-likeness (QED) is 0.341. The SMILES string of the molecule is [O-]/N=C(/N=Nc1ccccn1)c1ccccc1. The van der Waals surface area contributed by atoms with Gasteiger partial charge in [0.2, 0.25) is 0 Å². The lowest BCUT2D eigenvalue weighted by Crippen LogP contribution is -1.94. The fourth-order valence-corrected chi connectivity index (χ4v) is 1.23. The zero-order valence-corrected chi connectivity index (χ0v) is 8.89. The minimum absolute atomic E-state index is 0.0382. The topological polar surface area (TPSA) is 73.0 Å². The van der Waals surface area contributed by atoms with Crippen LogP contribution < -0.4 is 0 Å². The van der Waals surface area contributed by atoms with Gasteiger partial charge in [0, 0.05) is 11.8 Å². The molecule has 0 atom stereocenters. The molecule has 0 aliphatic rings. The first-order chi connectivity index (χ1) is 8.40. The van der Waals surface area contributed by atoms with Crippen LogP contribution >= 0.6 is 0 Å². The molecule has 0 spiro atoms. The Morgan fingerprint density at radius 3 is 2.41 bits per heavy atom. The Kier molecular flexibility index (Phi) is 3.54. The van der Waals surface area contributed by atoms with Crippen molar-refractivity contribution in [2.45, 2.75) is 0 Å². The molecule has 0 bridgehead atoms. The molecule has 0 saturated heterocycles. The summed E-state index contributed by atoms with van der Waals surface area (Å²) in [5.74, 6) is 0.473. The number of nitrogens with zero attached hydrogens (tertiary/aromatic N) is 4. The van der Waals surface area contributed by atoms with Crippen molar-refractivity contribution >= 4 is 11.7 Å². The molecule has 0 unspecified atom stereocenters. The predicted molar refractivity (Wildman–Crippen MR) is 65.1 cm³/mol. The van der Waals surface area contributed by atoms with Gasteiger partial charge in [-0.3, -0.25) is 5.16 Å². The second-order valence-electron chi connectivity index (χ2n) is 3.17. The van der Waals surface area contributed by atoms with E-state index in [1.165, 1.54) is 0 Å². The summed E-state index contributed by atoms with van der Waals surface area (Å²) >= 11 is 0. The molecule has 2 aromatic rings. The van der Waals surface area contributed by atoms with Gasteiger partial charge in [0.1, 0.15) is 0 Å². The van der Waals surface area contributed by atoms with Crippen LogP contribution in [0, 0.1) is 5.21 Å². The maximum Gasteiger partial charge on any atom is 0.174 e. The molecule has 1 heterocycles. The Bertz CT molecular complexity index is 523. The molecule has 0 aliphatic heterocycles.